The van der Waals surface area contributed by atoms with E-state index in [1.165, 1.54) is 11.3 Å². The minimum absolute atomic E-state index is 0.0421. The molecule has 0 aliphatic heterocycles. The molecule has 0 bridgehead atoms. The fourth-order valence-electron chi connectivity index (χ4n) is 3.66. The molecule has 142 valence electrons. The quantitative estimate of drug-likeness (QED) is 0.697. The monoisotopic (exact) mass is 392 g/mol. The van der Waals surface area contributed by atoms with E-state index in [9.17, 15) is 14.7 Å². The zero-order valence-corrected chi connectivity index (χ0v) is 15.8. The van der Waals surface area contributed by atoms with Crippen LogP contribution in [0, 0.1) is 0 Å². The van der Waals surface area contributed by atoms with Crippen molar-refractivity contribution < 1.29 is 19.4 Å². The molecular formula is C22H18NO4S-. The highest BCUT2D eigenvalue weighted by Crippen LogP contribution is 2.44. The van der Waals surface area contributed by atoms with E-state index in [1.807, 2.05) is 47.8 Å². The third-order valence-electron chi connectivity index (χ3n) is 4.89. The van der Waals surface area contributed by atoms with Gasteiger partial charge in [0.1, 0.15) is 6.61 Å². The minimum atomic E-state index is -1.22. The summed E-state index contributed by atoms with van der Waals surface area (Å²) < 4.78 is 5.49. The summed E-state index contributed by atoms with van der Waals surface area (Å²) in [6.07, 6.45) is -0.938. The third kappa shape index (κ3) is 3.64. The smallest absolute Gasteiger partial charge is 0.407 e. The Hall–Kier alpha value is -3.12. The van der Waals surface area contributed by atoms with E-state index >= 15 is 0 Å². The molecule has 0 saturated carbocycles. The Bertz CT molecular complexity index is 954. The number of benzene rings is 2. The summed E-state index contributed by atoms with van der Waals surface area (Å²) in [4.78, 5) is 24.1. The Morgan fingerprint density at radius 3 is 2.21 bits per heavy atom. The van der Waals surface area contributed by atoms with Gasteiger partial charge in [-0.1, -0.05) is 54.6 Å². The number of thiophene rings is 1. The molecule has 1 aliphatic rings. The first-order valence-electron chi connectivity index (χ1n) is 8.98. The van der Waals surface area contributed by atoms with Crippen molar-refractivity contribution in [2.45, 2.75) is 18.4 Å². The Morgan fingerprint density at radius 1 is 1.00 bits per heavy atom. The van der Waals surface area contributed by atoms with Gasteiger partial charge in [-0.05, 0) is 33.7 Å². The fraction of sp³-hybridized carbons (Fsp3) is 0.182. The van der Waals surface area contributed by atoms with Crippen molar-refractivity contribution in [1.82, 2.24) is 5.32 Å². The summed E-state index contributed by atoms with van der Waals surface area (Å²) in [5.74, 6) is -1.27. The molecule has 1 amide bonds. The van der Waals surface area contributed by atoms with Crippen LogP contribution < -0.4 is 10.4 Å². The lowest BCUT2D eigenvalue weighted by atomic mass is 9.98. The standard InChI is InChI=1S/C22H19NO4S/c24-21(25)12-19(20-10-5-11-28-20)23-22(26)27-13-18-16-8-3-1-6-14(16)15-7-2-4-9-17(15)18/h1-11,18-19H,12-13H2,(H,23,26)(H,24,25)/p-1/t19-/m1/s1. The molecule has 4 rings (SSSR count). The van der Waals surface area contributed by atoms with Gasteiger partial charge in [-0.15, -0.1) is 11.3 Å². The van der Waals surface area contributed by atoms with Crippen LogP contribution in [0.4, 0.5) is 4.79 Å². The lowest BCUT2D eigenvalue weighted by molar-refractivity contribution is -0.306. The number of hydrogen-bond donors (Lipinski definition) is 1. The number of carbonyl (C=O) groups is 2. The lowest BCUT2D eigenvalue weighted by Gasteiger charge is -2.19. The van der Waals surface area contributed by atoms with Gasteiger partial charge in [-0.25, -0.2) is 4.79 Å². The Labute approximate surface area is 166 Å². The maximum absolute atomic E-state index is 12.4. The van der Waals surface area contributed by atoms with Crippen LogP contribution in [0.15, 0.2) is 66.0 Å². The summed E-state index contributed by atoms with van der Waals surface area (Å²) in [6, 6.07) is 19.1. The average molecular weight is 392 g/mol. The minimum Gasteiger partial charge on any atom is -0.550 e. The lowest BCUT2D eigenvalue weighted by Crippen LogP contribution is -2.34. The van der Waals surface area contributed by atoms with Crippen LogP contribution >= 0.6 is 11.3 Å². The molecule has 0 saturated heterocycles. The maximum atomic E-state index is 12.4. The van der Waals surface area contributed by atoms with Crippen molar-refractivity contribution in [2.75, 3.05) is 6.61 Å². The van der Waals surface area contributed by atoms with Crippen molar-refractivity contribution in [3.63, 3.8) is 0 Å². The predicted octanol–water partition coefficient (Wildman–Crippen LogP) is 3.47. The molecule has 3 aromatic rings. The van der Waals surface area contributed by atoms with Gasteiger partial charge in [0.05, 0.1) is 6.04 Å². The number of hydrogen-bond acceptors (Lipinski definition) is 5. The van der Waals surface area contributed by atoms with Gasteiger partial charge in [-0.3, -0.25) is 0 Å². The first kappa shape index (κ1) is 18.3. The number of fused-ring (bicyclic) bond motifs is 3. The number of aliphatic carboxylic acids is 1. The molecule has 1 aromatic heterocycles. The van der Waals surface area contributed by atoms with Gasteiger partial charge >= 0.3 is 6.09 Å². The highest BCUT2D eigenvalue weighted by atomic mass is 32.1. The van der Waals surface area contributed by atoms with E-state index in [1.54, 1.807) is 6.07 Å². The number of carboxylic acid groups (broad SMARTS) is 1. The third-order valence-corrected chi connectivity index (χ3v) is 5.88. The topological polar surface area (TPSA) is 78.5 Å². The number of alkyl carbamates (subject to hydrolysis) is 1. The Morgan fingerprint density at radius 2 is 1.64 bits per heavy atom. The van der Waals surface area contributed by atoms with Gasteiger partial charge in [0.25, 0.3) is 0 Å². The number of carbonyl (C=O) groups excluding carboxylic acids is 2. The number of carboxylic acids is 1. The van der Waals surface area contributed by atoms with Gasteiger partial charge in [0, 0.05) is 23.2 Å². The molecule has 1 N–H and O–H groups in total. The molecule has 0 spiro atoms. The van der Waals surface area contributed by atoms with E-state index < -0.39 is 18.1 Å². The molecule has 28 heavy (non-hydrogen) atoms. The summed E-state index contributed by atoms with van der Waals surface area (Å²) >= 11 is 1.38. The van der Waals surface area contributed by atoms with Crippen molar-refractivity contribution in [1.29, 1.82) is 0 Å². The van der Waals surface area contributed by atoms with Gasteiger partial charge in [0.15, 0.2) is 0 Å². The van der Waals surface area contributed by atoms with E-state index in [-0.39, 0.29) is 18.9 Å². The number of nitrogens with one attached hydrogen (secondary N) is 1. The van der Waals surface area contributed by atoms with Crippen LogP contribution in [0.2, 0.25) is 0 Å². The predicted molar refractivity (Wildman–Crippen MR) is 105 cm³/mol. The Balaban J connectivity index is 1.47. The first-order chi connectivity index (χ1) is 13.6. The zero-order valence-electron chi connectivity index (χ0n) is 15.0. The van der Waals surface area contributed by atoms with Crippen LogP contribution in [0.5, 0.6) is 0 Å². The summed E-state index contributed by atoms with van der Waals surface area (Å²) in [5, 5.41) is 15.5. The van der Waals surface area contributed by atoms with Crippen LogP contribution in [-0.2, 0) is 9.53 Å². The van der Waals surface area contributed by atoms with Crippen LogP contribution in [-0.4, -0.2) is 18.7 Å². The molecule has 2 aromatic carbocycles. The van der Waals surface area contributed by atoms with Gasteiger partial charge in [0.2, 0.25) is 0 Å². The van der Waals surface area contributed by atoms with E-state index in [0.717, 1.165) is 27.1 Å². The van der Waals surface area contributed by atoms with Gasteiger partial charge < -0.3 is 20.0 Å². The normalized spacial score (nSPS) is 13.4. The molecule has 0 radical (unpaired) electrons. The first-order valence-corrected chi connectivity index (χ1v) is 9.86. The van der Waals surface area contributed by atoms with Gasteiger partial charge in [-0.2, -0.15) is 0 Å². The van der Waals surface area contributed by atoms with Crippen LogP contribution in [0.25, 0.3) is 11.1 Å². The molecule has 0 fully saturated rings. The highest BCUT2D eigenvalue weighted by Gasteiger charge is 2.29. The Kier molecular flexibility index (Phi) is 5.12. The molecule has 5 nitrogen and oxygen atoms in total. The highest BCUT2D eigenvalue weighted by molar-refractivity contribution is 7.10. The van der Waals surface area contributed by atoms with E-state index in [0.29, 0.717) is 0 Å². The molecule has 0 unspecified atom stereocenters. The largest absolute Gasteiger partial charge is 0.550 e. The summed E-state index contributed by atoms with van der Waals surface area (Å²) in [6.45, 7) is 0.183. The second-order valence-electron chi connectivity index (χ2n) is 6.61. The average Bonchev–Trinajstić information content (AvgIpc) is 3.32. The van der Waals surface area contributed by atoms with Crippen molar-refractivity contribution in [3.05, 3.63) is 82.0 Å². The van der Waals surface area contributed by atoms with Crippen LogP contribution in [0.1, 0.15) is 34.4 Å². The second kappa shape index (κ2) is 7.86. The van der Waals surface area contributed by atoms with Crippen molar-refractivity contribution in [2.24, 2.45) is 0 Å². The molecular weight excluding hydrogens is 374 g/mol. The van der Waals surface area contributed by atoms with Crippen molar-refractivity contribution >= 4 is 23.4 Å². The SMILES string of the molecule is O=C([O-])C[C@@H](NC(=O)OCC1c2ccccc2-c2ccccc21)c1cccs1. The molecule has 1 heterocycles. The second-order valence-corrected chi connectivity index (χ2v) is 7.59. The molecule has 1 aliphatic carbocycles. The molecule has 1 atom stereocenters. The van der Waals surface area contributed by atoms with Crippen molar-refractivity contribution in [3.8, 4) is 11.1 Å². The number of rotatable bonds is 6. The van der Waals surface area contributed by atoms with E-state index in [2.05, 4.69) is 17.4 Å². The zero-order chi connectivity index (χ0) is 19.5. The van der Waals surface area contributed by atoms with E-state index in [4.69, 9.17) is 4.74 Å². The summed E-state index contributed by atoms with van der Waals surface area (Å²) in [5.41, 5.74) is 4.56. The fourth-order valence-corrected chi connectivity index (χ4v) is 4.44. The van der Waals surface area contributed by atoms with Crippen LogP contribution in [0.3, 0.4) is 0 Å². The number of ether oxygens (including phenoxy) is 1. The molecule has 6 heteroatoms. The maximum Gasteiger partial charge on any atom is 0.407 e. The summed E-state index contributed by atoms with van der Waals surface area (Å²) in [7, 11) is 0. The number of amides is 1.